The SMILES string of the molecule is Cc1cc(OCCCc2c3n(c4c(C5C(C)NNC5C)c(Cl)ccc24)[C@H](C)CN(c2cn(C)c4cc(C(=O)O)ccc24)C3=O)cc(C)c1Cl. The number of nitrogens with one attached hydrogen (secondary N) is 2. The van der Waals surface area contributed by atoms with Gasteiger partial charge in [0.15, 0.2) is 0 Å². The Morgan fingerprint density at radius 1 is 1.00 bits per heavy atom. The molecule has 49 heavy (non-hydrogen) atoms. The van der Waals surface area contributed by atoms with Crippen molar-refractivity contribution in [3.05, 3.63) is 92.2 Å². The Labute approximate surface area is 295 Å². The van der Waals surface area contributed by atoms with E-state index < -0.39 is 5.97 Å². The minimum absolute atomic E-state index is 0.0704. The van der Waals surface area contributed by atoms with Gasteiger partial charge < -0.3 is 23.9 Å². The number of aromatic carboxylic acids is 1. The van der Waals surface area contributed by atoms with Gasteiger partial charge in [0.05, 0.1) is 28.9 Å². The number of carboxylic acid groups (broad SMARTS) is 1. The van der Waals surface area contributed by atoms with Crippen molar-refractivity contribution in [3.8, 4) is 5.75 Å². The van der Waals surface area contributed by atoms with E-state index in [1.54, 1.807) is 18.2 Å². The van der Waals surface area contributed by atoms with E-state index in [1.165, 1.54) is 0 Å². The van der Waals surface area contributed by atoms with Crippen molar-refractivity contribution >= 4 is 62.6 Å². The van der Waals surface area contributed by atoms with Gasteiger partial charge in [0.1, 0.15) is 11.4 Å². The Morgan fingerprint density at radius 3 is 2.35 bits per heavy atom. The van der Waals surface area contributed by atoms with Crippen LogP contribution in [-0.2, 0) is 13.5 Å². The predicted octanol–water partition coefficient (Wildman–Crippen LogP) is 7.96. The maximum absolute atomic E-state index is 14.9. The molecular weight excluding hydrogens is 661 g/mol. The minimum Gasteiger partial charge on any atom is -0.494 e. The van der Waals surface area contributed by atoms with Crippen LogP contribution in [0.25, 0.3) is 21.8 Å². The van der Waals surface area contributed by atoms with Crippen molar-refractivity contribution in [1.29, 1.82) is 0 Å². The van der Waals surface area contributed by atoms with E-state index in [1.807, 2.05) is 54.8 Å². The number of ether oxygens (including phenoxy) is 1. The number of rotatable bonds is 8. The molecule has 256 valence electrons. The second kappa shape index (κ2) is 12.7. The summed E-state index contributed by atoms with van der Waals surface area (Å²) in [6.45, 7) is 11.3. The molecule has 0 spiro atoms. The first kappa shape index (κ1) is 33.5. The van der Waals surface area contributed by atoms with Gasteiger partial charge in [0, 0.05) is 70.2 Å². The number of amides is 1. The molecule has 2 unspecified atom stereocenters. The van der Waals surface area contributed by atoms with Crippen LogP contribution < -0.4 is 20.5 Å². The highest BCUT2D eigenvalue weighted by Gasteiger charge is 2.40. The van der Waals surface area contributed by atoms with Crippen molar-refractivity contribution in [1.82, 2.24) is 20.0 Å². The van der Waals surface area contributed by atoms with Crippen LogP contribution in [0, 0.1) is 13.8 Å². The lowest BCUT2D eigenvalue weighted by atomic mass is 9.87. The number of hydrogen-bond acceptors (Lipinski definition) is 5. The van der Waals surface area contributed by atoms with Crippen LogP contribution in [-0.4, -0.2) is 51.4 Å². The summed E-state index contributed by atoms with van der Waals surface area (Å²) in [5.41, 5.74) is 14.1. The summed E-state index contributed by atoms with van der Waals surface area (Å²) in [6, 6.07) is 13.2. The molecular formula is C38H41Cl2N5O4. The average molecular weight is 703 g/mol. The second-order valence-electron chi connectivity index (χ2n) is 13.7. The van der Waals surface area contributed by atoms with Gasteiger partial charge in [-0.1, -0.05) is 29.3 Å². The van der Waals surface area contributed by atoms with Gasteiger partial charge in [-0.05, 0) is 101 Å². The smallest absolute Gasteiger partial charge is 0.335 e. The highest BCUT2D eigenvalue weighted by Crippen LogP contribution is 2.45. The molecule has 3 aromatic carbocycles. The van der Waals surface area contributed by atoms with Crippen molar-refractivity contribution in [3.63, 3.8) is 0 Å². The monoisotopic (exact) mass is 701 g/mol. The minimum atomic E-state index is -0.988. The molecule has 4 heterocycles. The van der Waals surface area contributed by atoms with Crippen LogP contribution in [0.2, 0.25) is 10.0 Å². The summed E-state index contributed by atoms with van der Waals surface area (Å²) in [4.78, 5) is 28.5. The highest BCUT2D eigenvalue weighted by atomic mass is 35.5. The number of benzene rings is 3. The van der Waals surface area contributed by atoms with Crippen LogP contribution in [0.15, 0.2) is 48.7 Å². The number of nitrogens with zero attached hydrogens (tertiary/aromatic N) is 3. The Kier molecular flexibility index (Phi) is 8.68. The maximum Gasteiger partial charge on any atom is 0.335 e. The molecule has 7 rings (SSSR count). The number of carbonyl (C=O) groups excluding carboxylic acids is 1. The zero-order valence-corrected chi connectivity index (χ0v) is 30.0. The van der Waals surface area contributed by atoms with Crippen molar-refractivity contribution < 1.29 is 19.4 Å². The van der Waals surface area contributed by atoms with E-state index in [4.69, 9.17) is 27.9 Å². The molecule has 2 aromatic heterocycles. The molecule has 3 atom stereocenters. The zero-order chi connectivity index (χ0) is 34.9. The van der Waals surface area contributed by atoms with Gasteiger partial charge in [0.2, 0.25) is 0 Å². The first-order chi connectivity index (χ1) is 23.4. The normalized spacial score (nSPS) is 20.8. The van der Waals surface area contributed by atoms with E-state index in [-0.39, 0.29) is 35.5 Å². The number of halogens is 2. The highest BCUT2D eigenvalue weighted by molar-refractivity contribution is 6.33. The van der Waals surface area contributed by atoms with Crippen molar-refractivity contribution in [2.75, 3.05) is 18.1 Å². The lowest BCUT2D eigenvalue weighted by Crippen LogP contribution is -2.42. The number of carbonyl (C=O) groups is 2. The lowest BCUT2D eigenvalue weighted by Gasteiger charge is -2.34. The van der Waals surface area contributed by atoms with Gasteiger partial charge in [0.25, 0.3) is 5.91 Å². The number of hydrazine groups is 1. The van der Waals surface area contributed by atoms with Gasteiger partial charge >= 0.3 is 5.97 Å². The van der Waals surface area contributed by atoms with E-state index in [0.29, 0.717) is 36.7 Å². The fourth-order valence-electron chi connectivity index (χ4n) is 7.99. The van der Waals surface area contributed by atoms with E-state index in [2.05, 4.69) is 42.3 Å². The Balaban J connectivity index is 1.33. The maximum atomic E-state index is 14.9. The predicted molar refractivity (Wildman–Crippen MR) is 196 cm³/mol. The van der Waals surface area contributed by atoms with Gasteiger partial charge in [-0.2, -0.15) is 0 Å². The number of hydrogen-bond donors (Lipinski definition) is 3. The Hall–Kier alpha value is -4.02. The van der Waals surface area contributed by atoms with Gasteiger partial charge in [-0.15, -0.1) is 0 Å². The third-order valence-corrected chi connectivity index (χ3v) is 11.2. The molecule has 0 radical (unpaired) electrons. The van der Waals surface area contributed by atoms with Crippen LogP contribution in [0.5, 0.6) is 5.75 Å². The standard InChI is InChI=1S/C38H41Cl2N5O4/c1-19-14-25(15-20(2)34(19)40)49-13-7-8-26-27-11-12-29(39)33(32-22(4)41-42-23(32)5)35(27)45-21(3)17-44(37(46)36(26)45)31-18-43(6)30-16-24(38(47)48)9-10-28(30)31/h9-12,14-16,18,21-23,32,41-42H,7-8,13,17H2,1-6H3,(H,47,48)/t21-,22?,23?,32?/m1/s1. The third-order valence-electron chi connectivity index (χ3n) is 10.3. The molecule has 1 saturated heterocycles. The van der Waals surface area contributed by atoms with E-state index >= 15 is 0 Å². The molecule has 9 nitrogen and oxygen atoms in total. The van der Waals surface area contributed by atoms with Gasteiger partial charge in [-0.3, -0.25) is 15.6 Å². The number of fused-ring (bicyclic) bond motifs is 4. The molecule has 0 bridgehead atoms. The summed E-state index contributed by atoms with van der Waals surface area (Å²) in [5, 5.41) is 12.9. The van der Waals surface area contributed by atoms with E-state index in [9.17, 15) is 14.7 Å². The Bertz CT molecular complexity index is 2120. The summed E-state index contributed by atoms with van der Waals surface area (Å²) >= 11 is 13.5. The fourth-order valence-corrected chi connectivity index (χ4v) is 8.38. The first-order valence-corrected chi connectivity index (χ1v) is 17.5. The molecule has 3 N–H and O–H groups in total. The quantitative estimate of drug-likeness (QED) is 0.142. The molecule has 0 saturated carbocycles. The molecule has 0 aliphatic carbocycles. The fraction of sp³-hybridized carbons (Fsp3) is 0.368. The summed E-state index contributed by atoms with van der Waals surface area (Å²) < 4.78 is 10.3. The van der Waals surface area contributed by atoms with Crippen molar-refractivity contribution in [2.24, 2.45) is 7.05 Å². The largest absolute Gasteiger partial charge is 0.494 e. The molecule has 11 heteroatoms. The molecule has 2 aliphatic heterocycles. The molecule has 5 aromatic rings. The average Bonchev–Trinajstić information content (AvgIpc) is 3.70. The molecule has 1 amide bonds. The lowest BCUT2D eigenvalue weighted by molar-refractivity contribution is 0.0696. The van der Waals surface area contributed by atoms with Gasteiger partial charge in [-0.25, -0.2) is 4.79 Å². The number of aryl methyl sites for hydroxylation is 4. The van der Waals surface area contributed by atoms with Crippen LogP contribution in [0.1, 0.15) is 82.3 Å². The molecule has 2 aliphatic rings. The zero-order valence-electron chi connectivity index (χ0n) is 28.5. The summed E-state index contributed by atoms with van der Waals surface area (Å²) in [6.07, 6.45) is 3.24. The van der Waals surface area contributed by atoms with Crippen LogP contribution in [0.3, 0.4) is 0 Å². The molecule has 1 fully saturated rings. The van der Waals surface area contributed by atoms with E-state index in [0.717, 1.165) is 60.5 Å². The first-order valence-electron chi connectivity index (χ1n) is 16.8. The van der Waals surface area contributed by atoms with Crippen LogP contribution >= 0.6 is 23.2 Å². The third kappa shape index (κ3) is 5.57. The van der Waals surface area contributed by atoms with Crippen LogP contribution in [0.4, 0.5) is 5.69 Å². The second-order valence-corrected chi connectivity index (χ2v) is 14.5. The van der Waals surface area contributed by atoms with Crippen molar-refractivity contribution in [2.45, 2.75) is 71.5 Å². The summed E-state index contributed by atoms with van der Waals surface area (Å²) in [7, 11) is 1.88. The topological polar surface area (TPSA) is 101 Å². The number of anilines is 1. The number of carboxylic acids is 1. The number of aromatic nitrogens is 2. The Morgan fingerprint density at radius 2 is 1.67 bits per heavy atom. The summed E-state index contributed by atoms with van der Waals surface area (Å²) in [5.74, 6) is -0.212.